The molecule has 1 fully saturated rings. The van der Waals surface area contributed by atoms with Gasteiger partial charge in [0, 0.05) is 12.6 Å². The van der Waals surface area contributed by atoms with Crippen molar-refractivity contribution in [2.45, 2.75) is 30.2 Å². The maximum atomic E-state index is 12.1. The maximum Gasteiger partial charge on any atom is 0.243 e. The zero-order valence-electron chi connectivity index (χ0n) is 9.45. The first-order valence-electron chi connectivity index (χ1n) is 5.28. The third-order valence-corrected chi connectivity index (χ3v) is 4.52. The van der Waals surface area contributed by atoms with Gasteiger partial charge in [-0.1, -0.05) is 12.1 Å². The van der Waals surface area contributed by atoms with Gasteiger partial charge < -0.3 is 5.32 Å². The lowest BCUT2D eigenvalue weighted by molar-refractivity contribution is 0.558. The van der Waals surface area contributed by atoms with Crippen molar-refractivity contribution in [2.24, 2.45) is 0 Å². The first kappa shape index (κ1) is 11.4. The summed E-state index contributed by atoms with van der Waals surface area (Å²) in [7, 11) is -1.70. The monoisotopic (exact) mass is 240 g/mol. The second-order valence-corrected chi connectivity index (χ2v) is 6.06. The Kier molecular flexibility index (Phi) is 2.67. The summed E-state index contributed by atoms with van der Waals surface area (Å²) in [6.07, 6.45) is 1.82. The zero-order chi connectivity index (χ0) is 11.8. The van der Waals surface area contributed by atoms with Gasteiger partial charge in [0.1, 0.15) is 4.90 Å². The molecule has 0 unspecified atom stereocenters. The molecule has 0 heterocycles. The molecular formula is C11H16N2O2S. The van der Waals surface area contributed by atoms with Gasteiger partial charge in [0.05, 0.1) is 5.69 Å². The van der Waals surface area contributed by atoms with Crippen LogP contribution in [-0.4, -0.2) is 21.0 Å². The highest BCUT2D eigenvalue weighted by Gasteiger charge is 2.41. The van der Waals surface area contributed by atoms with Gasteiger partial charge in [-0.15, -0.1) is 0 Å². The van der Waals surface area contributed by atoms with E-state index in [1.807, 2.05) is 13.0 Å². The van der Waals surface area contributed by atoms with E-state index in [1.165, 1.54) is 0 Å². The normalized spacial score (nSPS) is 18.1. The smallest absolute Gasteiger partial charge is 0.243 e. The van der Waals surface area contributed by atoms with Crippen LogP contribution in [0.5, 0.6) is 0 Å². The van der Waals surface area contributed by atoms with Crippen molar-refractivity contribution in [3.63, 3.8) is 0 Å². The lowest BCUT2D eigenvalue weighted by Crippen LogP contribution is -2.34. The number of sulfonamides is 1. The summed E-state index contributed by atoms with van der Waals surface area (Å²) in [6.45, 7) is 1.92. The van der Waals surface area contributed by atoms with E-state index in [0.29, 0.717) is 10.6 Å². The SMILES string of the molecule is CNc1ccccc1S(=O)(=O)NC1(C)CC1. The van der Waals surface area contributed by atoms with Crippen molar-refractivity contribution < 1.29 is 8.42 Å². The summed E-state index contributed by atoms with van der Waals surface area (Å²) >= 11 is 0. The van der Waals surface area contributed by atoms with Crippen LogP contribution in [0.4, 0.5) is 5.69 Å². The van der Waals surface area contributed by atoms with Crippen LogP contribution in [0.3, 0.4) is 0 Å². The molecule has 0 amide bonds. The van der Waals surface area contributed by atoms with Crippen molar-refractivity contribution in [3.05, 3.63) is 24.3 Å². The zero-order valence-corrected chi connectivity index (χ0v) is 10.3. The Balaban J connectivity index is 2.35. The fraction of sp³-hybridized carbons (Fsp3) is 0.455. The third kappa shape index (κ3) is 2.20. The molecule has 16 heavy (non-hydrogen) atoms. The molecule has 2 rings (SSSR count). The Bertz CT molecular complexity index is 492. The average molecular weight is 240 g/mol. The van der Waals surface area contributed by atoms with Crippen molar-refractivity contribution in [2.75, 3.05) is 12.4 Å². The quantitative estimate of drug-likeness (QED) is 0.839. The van der Waals surface area contributed by atoms with Crippen molar-refractivity contribution in [3.8, 4) is 0 Å². The van der Waals surface area contributed by atoms with Gasteiger partial charge in [-0.25, -0.2) is 13.1 Å². The molecule has 1 aromatic carbocycles. The van der Waals surface area contributed by atoms with E-state index in [2.05, 4.69) is 10.0 Å². The number of para-hydroxylation sites is 1. The fourth-order valence-electron chi connectivity index (χ4n) is 1.58. The van der Waals surface area contributed by atoms with E-state index in [1.54, 1.807) is 25.2 Å². The minimum atomic E-state index is -3.41. The minimum absolute atomic E-state index is 0.236. The van der Waals surface area contributed by atoms with Gasteiger partial charge in [-0.3, -0.25) is 0 Å². The van der Waals surface area contributed by atoms with Gasteiger partial charge in [-0.2, -0.15) is 0 Å². The Morgan fingerprint density at radius 3 is 2.44 bits per heavy atom. The van der Waals surface area contributed by atoms with Crippen LogP contribution in [0.2, 0.25) is 0 Å². The van der Waals surface area contributed by atoms with Crippen LogP contribution in [0.25, 0.3) is 0 Å². The molecule has 1 aliphatic rings. The number of benzene rings is 1. The predicted octanol–water partition coefficient (Wildman–Crippen LogP) is 1.56. The first-order valence-corrected chi connectivity index (χ1v) is 6.76. The molecule has 0 spiro atoms. The highest BCUT2D eigenvalue weighted by atomic mass is 32.2. The van der Waals surface area contributed by atoms with Crippen LogP contribution in [0, 0.1) is 0 Å². The largest absolute Gasteiger partial charge is 0.387 e. The summed E-state index contributed by atoms with van der Waals surface area (Å²) < 4.78 is 27.0. The van der Waals surface area contributed by atoms with Gasteiger partial charge in [0.2, 0.25) is 10.0 Å². The molecule has 4 nitrogen and oxygen atoms in total. The fourth-order valence-corrected chi connectivity index (χ4v) is 3.26. The summed E-state index contributed by atoms with van der Waals surface area (Å²) in [4.78, 5) is 0.311. The van der Waals surface area contributed by atoms with Crippen molar-refractivity contribution in [1.29, 1.82) is 0 Å². The highest BCUT2D eigenvalue weighted by molar-refractivity contribution is 7.89. The van der Waals surface area contributed by atoms with Crippen molar-refractivity contribution >= 4 is 15.7 Å². The summed E-state index contributed by atoms with van der Waals surface area (Å²) in [6, 6.07) is 6.90. The molecule has 1 aromatic rings. The second kappa shape index (κ2) is 3.75. The Morgan fingerprint density at radius 2 is 1.88 bits per heavy atom. The number of nitrogens with one attached hydrogen (secondary N) is 2. The lowest BCUT2D eigenvalue weighted by atomic mass is 10.3. The Labute approximate surface area is 96.1 Å². The second-order valence-electron chi connectivity index (χ2n) is 4.41. The number of anilines is 1. The lowest BCUT2D eigenvalue weighted by Gasteiger charge is -2.14. The first-order chi connectivity index (χ1) is 7.47. The van der Waals surface area contributed by atoms with Gasteiger partial charge >= 0.3 is 0 Å². The molecule has 88 valence electrons. The molecule has 5 heteroatoms. The number of hydrogen-bond acceptors (Lipinski definition) is 3. The molecule has 1 aliphatic carbocycles. The summed E-state index contributed by atoms with van der Waals surface area (Å²) in [5, 5.41) is 2.89. The molecular weight excluding hydrogens is 224 g/mol. The molecule has 0 radical (unpaired) electrons. The molecule has 2 N–H and O–H groups in total. The van der Waals surface area contributed by atoms with Crippen LogP contribution in [0.15, 0.2) is 29.2 Å². The minimum Gasteiger partial charge on any atom is -0.387 e. The number of hydrogen-bond donors (Lipinski definition) is 2. The van der Waals surface area contributed by atoms with Crippen LogP contribution >= 0.6 is 0 Å². The molecule has 0 aromatic heterocycles. The van der Waals surface area contributed by atoms with Gasteiger partial charge in [0.25, 0.3) is 0 Å². The van der Waals surface area contributed by atoms with Crippen LogP contribution < -0.4 is 10.0 Å². The predicted molar refractivity (Wildman–Crippen MR) is 63.9 cm³/mol. The molecule has 0 atom stereocenters. The molecule has 0 bridgehead atoms. The molecule has 0 aliphatic heterocycles. The Hall–Kier alpha value is -1.07. The third-order valence-electron chi connectivity index (χ3n) is 2.83. The maximum absolute atomic E-state index is 12.1. The highest BCUT2D eigenvalue weighted by Crippen LogP contribution is 2.36. The standard InChI is InChI=1S/C11H16N2O2S/c1-11(7-8-11)13-16(14,15)10-6-4-3-5-9(10)12-2/h3-6,12-13H,7-8H2,1-2H3. The van der Waals surface area contributed by atoms with E-state index in [0.717, 1.165) is 12.8 Å². The van der Waals surface area contributed by atoms with Gasteiger partial charge in [0.15, 0.2) is 0 Å². The van der Waals surface area contributed by atoms with E-state index >= 15 is 0 Å². The summed E-state index contributed by atoms with van der Waals surface area (Å²) in [5.41, 5.74) is 0.388. The van der Waals surface area contributed by atoms with E-state index in [-0.39, 0.29) is 5.54 Å². The van der Waals surface area contributed by atoms with Crippen LogP contribution in [0.1, 0.15) is 19.8 Å². The van der Waals surface area contributed by atoms with E-state index in [4.69, 9.17) is 0 Å². The Morgan fingerprint density at radius 1 is 1.25 bits per heavy atom. The molecule has 0 saturated heterocycles. The number of rotatable bonds is 4. The summed E-state index contributed by atoms with van der Waals surface area (Å²) in [5.74, 6) is 0. The topological polar surface area (TPSA) is 58.2 Å². The average Bonchev–Trinajstić information content (AvgIpc) is 2.95. The van der Waals surface area contributed by atoms with Crippen molar-refractivity contribution in [1.82, 2.24) is 4.72 Å². The molecule has 1 saturated carbocycles. The van der Waals surface area contributed by atoms with Gasteiger partial charge in [-0.05, 0) is 31.9 Å². The van der Waals surface area contributed by atoms with E-state index < -0.39 is 10.0 Å². The van der Waals surface area contributed by atoms with Crippen LogP contribution in [-0.2, 0) is 10.0 Å². The van der Waals surface area contributed by atoms with E-state index in [9.17, 15) is 8.42 Å².